The predicted octanol–water partition coefficient (Wildman–Crippen LogP) is 3.15. The van der Waals surface area contributed by atoms with Gasteiger partial charge in [-0.15, -0.1) is 11.3 Å². The van der Waals surface area contributed by atoms with Crippen LogP contribution < -0.4 is 5.32 Å². The molecule has 5 heteroatoms. The predicted molar refractivity (Wildman–Crippen MR) is 70.2 cm³/mol. The maximum atomic E-state index is 12.9. The second-order valence-corrected chi connectivity index (χ2v) is 5.23. The van der Waals surface area contributed by atoms with Crippen molar-refractivity contribution in [2.75, 3.05) is 0 Å². The third kappa shape index (κ3) is 3.05. The summed E-state index contributed by atoms with van der Waals surface area (Å²) >= 11 is 1.61. The third-order valence-corrected chi connectivity index (χ3v) is 3.54. The molecule has 0 saturated heterocycles. The standard InChI is InChI=1S/C13H15FN2OS/c1-8(12-4-3-10(14)5-13(12)17)15-6-11-7-18-9(2)16-11/h3-5,7-8,15,17H,6H2,1-2H3. The van der Waals surface area contributed by atoms with E-state index in [1.165, 1.54) is 6.07 Å². The van der Waals surface area contributed by atoms with Crippen LogP contribution in [0.3, 0.4) is 0 Å². The second kappa shape index (κ2) is 5.46. The van der Waals surface area contributed by atoms with Crippen LogP contribution in [-0.2, 0) is 6.54 Å². The van der Waals surface area contributed by atoms with Gasteiger partial charge in [-0.1, -0.05) is 6.07 Å². The molecule has 0 bridgehead atoms. The second-order valence-electron chi connectivity index (χ2n) is 4.16. The van der Waals surface area contributed by atoms with Gasteiger partial charge in [0, 0.05) is 29.6 Å². The van der Waals surface area contributed by atoms with Crippen LogP contribution in [0.15, 0.2) is 23.6 Å². The molecule has 1 unspecified atom stereocenters. The number of aromatic hydroxyl groups is 1. The topological polar surface area (TPSA) is 45.2 Å². The van der Waals surface area contributed by atoms with Crippen LogP contribution >= 0.6 is 11.3 Å². The fourth-order valence-corrected chi connectivity index (χ4v) is 2.35. The number of phenolic OH excluding ortho intramolecular Hbond substituents is 1. The van der Waals surface area contributed by atoms with E-state index in [0.29, 0.717) is 12.1 Å². The molecule has 2 rings (SSSR count). The first-order chi connectivity index (χ1) is 8.56. The molecule has 2 aromatic rings. The van der Waals surface area contributed by atoms with Crippen LogP contribution in [0.5, 0.6) is 5.75 Å². The molecular formula is C13H15FN2OS. The smallest absolute Gasteiger partial charge is 0.126 e. The average Bonchev–Trinajstić information content (AvgIpc) is 2.72. The molecule has 1 aromatic heterocycles. The number of halogens is 1. The number of nitrogens with one attached hydrogen (secondary N) is 1. The first kappa shape index (κ1) is 13.0. The van der Waals surface area contributed by atoms with Gasteiger partial charge in [0.1, 0.15) is 11.6 Å². The molecule has 96 valence electrons. The van der Waals surface area contributed by atoms with Gasteiger partial charge in [-0.25, -0.2) is 9.37 Å². The highest BCUT2D eigenvalue weighted by Crippen LogP contribution is 2.24. The number of thiazole rings is 1. The van der Waals surface area contributed by atoms with Crippen LogP contribution in [-0.4, -0.2) is 10.1 Å². The Labute approximate surface area is 109 Å². The van der Waals surface area contributed by atoms with E-state index in [1.807, 2.05) is 19.2 Å². The summed E-state index contributed by atoms with van der Waals surface area (Å²) in [6.07, 6.45) is 0. The van der Waals surface area contributed by atoms with Crippen molar-refractivity contribution in [3.05, 3.63) is 45.7 Å². The van der Waals surface area contributed by atoms with Crippen molar-refractivity contribution < 1.29 is 9.50 Å². The lowest BCUT2D eigenvalue weighted by Crippen LogP contribution is -2.18. The Morgan fingerprint density at radius 1 is 1.50 bits per heavy atom. The number of hydrogen-bond acceptors (Lipinski definition) is 4. The quantitative estimate of drug-likeness (QED) is 0.893. The van der Waals surface area contributed by atoms with Crippen LogP contribution in [0, 0.1) is 12.7 Å². The molecule has 0 fully saturated rings. The van der Waals surface area contributed by atoms with Gasteiger partial charge >= 0.3 is 0 Å². The molecule has 1 atom stereocenters. The number of nitrogens with zero attached hydrogens (tertiary/aromatic N) is 1. The normalized spacial score (nSPS) is 12.6. The summed E-state index contributed by atoms with van der Waals surface area (Å²) in [6.45, 7) is 4.51. The summed E-state index contributed by atoms with van der Waals surface area (Å²) in [5, 5.41) is 16.0. The fourth-order valence-electron chi connectivity index (χ4n) is 1.74. The molecule has 0 saturated carbocycles. The zero-order valence-corrected chi connectivity index (χ0v) is 11.1. The maximum absolute atomic E-state index is 12.9. The molecule has 0 aliphatic heterocycles. The van der Waals surface area contributed by atoms with E-state index in [2.05, 4.69) is 10.3 Å². The van der Waals surface area contributed by atoms with Crippen molar-refractivity contribution in [3.8, 4) is 5.75 Å². The van der Waals surface area contributed by atoms with Crippen molar-refractivity contribution in [1.82, 2.24) is 10.3 Å². The van der Waals surface area contributed by atoms with Crippen LogP contribution in [0.25, 0.3) is 0 Å². The number of benzene rings is 1. The SMILES string of the molecule is Cc1nc(CNC(C)c2ccc(F)cc2O)cs1. The molecule has 0 spiro atoms. The van der Waals surface area contributed by atoms with Gasteiger partial charge in [-0.05, 0) is 19.9 Å². The molecule has 0 aliphatic carbocycles. The zero-order chi connectivity index (χ0) is 13.1. The molecule has 0 aliphatic rings. The molecule has 0 amide bonds. The first-order valence-corrected chi connectivity index (χ1v) is 6.57. The van der Waals surface area contributed by atoms with Gasteiger partial charge in [0.2, 0.25) is 0 Å². The highest BCUT2D eigenvalue weighted by molar-refractivity contribution is 7.09. The van der Waals surface area contributed by atoms with Gasteiger partial charge in [-0.3, -0.25) is 0 Å². The highest BCUT2D eigenvalue weighted by atomic mass is 32.1. The minimum absolute atomic E-state index is 0.0236. The lowest BCUT2D eigenvalue weighted by molar-refractivity contribution is 0.446. The average molecular weight is 266 g/mol. The summed E-state index contributed by atoms with van der Waals surface area (Å²) in [6, 6.07) is 4.00. The molecule has 18 heavy (non-hydrogen) atoms. The van der Waals surface area contributed by atoms with E-state index >= 15 is 0 Å². The largest absolute Gasteiger partial charge is 0.508 e. The Balaban J connectivity index is 2.01. The Kier molecular flexibility index (Phi) is 3.93. The lowest BCUT2D eigenvalue weighted by Gasteiger charge is -2.14. The summed E-state index contributed by atoms with van der Waals surface area (Å²) < 4.78 is 12.9. The highest BCUT2D eigenvalue weighted by Gasteiger charge is 2.11. The van der Waals surface area contributed by atoms with Crippen LogP contribution in [0.2, 0.25) is 0 Å². The molecule has 2 N–H and O–H groups in total. The molecule has 1 heterocycles. The number of hydrogen-bond donors (Lipinski definition) is 2. The van der Waals surface area contributed by atoms with E-state index in [0.717, 1.165) is 16.8 Å². The summed E-state index contributed by atoms with van der Waals surface area (Å²) in [5.41, 5.74) is 1.66. The van der Waals surface area contributed by atoms with E-state index in [9.17, 15) is 9.50 Å². The first-order valence-electron chi connectivity index (χ1n) is 5.69. The fraction of sp³-hybridized carbons (Fsp3) is 0.308. The minimum Gasteiger partial charge on any atom is -0.508 e. The molecular weight excluding hydrogens is 251 g/mol. The number of aryl methyl sites for hydroxylation is 1. The Morgan fingerprint density at radius 3 is 2.89 bits per heavy atom. The third-order valence-electron chi connectivity index (χ3n) is 2.71. The van der Waals surface area contributed by atoms with E-state index in [4.69, 9.17) is 0 Å². The number of aromatic nitrogens is 1. The van der Waals surface area contributed by atoms with E-state index in [-0.39, 0.29) is 11.8 Å². The van der Waals surface area contributed by atoms with Crippen molar-refractivity contribution in [2.45, 2.75) is 26.4 Å². The monoisotopic (exact) mass is 266 g/mol. The number of phenols is 1. The van der Waals surface area contributed by atoms with Gasteiger partial charge in [0.25, 0.3) is 0 Å². The Morgan fingerprint density at radius 2 is 2.28 bits per heavy atom. The van der Waals surface area contributed by atoms with Crippen LogP contribution in [0.1, 0.15) is 29.2 Å². The Hall–Kier alpha value is -1.46. The minimum atomic E-state index is -0.432. The summed E-state index contributed by atoms with van der Waals surface area (Å²) in [4.78, 5) is 4.35. The maximum Gasteiger partial charge on any atom is 0.126 e. The molecule has 3 nitrogen and oxygen atoms in total. The van der Waals surface area contributed by atoms with Crippen LogP contribution in [0.4, 0.5) is 4.39 Å². The lowest BCUT2D eigenvalue weighted by atomic mass is 10.1. The van der Waals surface area contributed by atoms with Gasteiger partial charge in [-0.2, -0.15) is 0 Å². The van der Waals surface area contributed by atoms with Crippen molar-refractivity contribution in [1.29, 1.82) is 0 Å². The van der Waals surface area contributed by atoms with Gasteiger partial charge in [0.15, 0.2) is 0 Å². The van der Waals surface area contributed by atoms with Gasteiger partial charge in [0.05, 0.1) is 10.7 Å². The van der Waals surface area contributed by atoms with Crippen molar-refractivity contribution in [2.24, 2.45) is 0 Å². The summed E-state index contributed by atoms with van der Waals surface area (Å²) in [7, 11) is 0. The zero-order valence-electron chi connectivity index (χ0n) is 10.3. The Bertz CT molecular complexity index is 542. The summed E-state index contributed by atoms with van der Waals surface area (Å²) in [5.74, 6) is -0.456. The van der Waals surface area contributed by atoms with Gasteiger partial charge < -0.3 is 10.4 Å². The molecule has 0 radical (unpaired) electrons. The number of rotatable bonds is 4. The van der Waals surface area contributed by atoms with E-state index < -0.39 is 5.82 Å². The molecule has 1 aromatic carbocycles. The van der Waals surface area contributed by atoms with Crippen molar-refractivity contribution in [3.63, 3.8) is 0 Å². The van der Waals surface area contributed by atoms with Crippen molar-refractivity contribution >= 4 is 11.3 Å². The van der Waals surface area contributed by atoms with E-state index in [1.54, 1.807) is 17.4 Å².